The molecule has 0 aliphatic carbocycles. The first kappa shape index (κ1) is 23.9. The summed E-state index contributed by atoms with van der Waals surface area (Å²) in [4.78, 5) is 12.5. The first-order chi connectivity index (χ1) is 16.3. The quantitative estimate of drug-likeness (QED) is 0.423. The summed E-state index contributed by atoms with van der Waals surface area (Å²) in [5, 5.41) is 10.7. The predicted octanol–water partition coefficient (Wildman–Crippen LogP) is 6.35. The highest BCUT2D eigenvalue weighted by Gasteiger charge is 2.30. The van der Waals surface area contributed by atoms with E-state index in [1.165, 1.54) is 18.2 Å². The molecule has 0 unspecified atom stereocenters. The largest absolute Gasteiger partial charge is 0.416 e. The molecule has 9 heteroatoms. The molecule has 1 amide bonds. The second-order valence-corrected chi connectivity index (χ2v) is 8.48. The van der Waals surface area contributed by atoms with Gasteiger partial charge in [0.25, 0.3) is 5.91 Å². The molecule has 0 spiro atoms. The number of hydrogen-bond donors (Lipinski definition) is 2. The van der Waals surface area contributed by atoms with Gasteiger partial charge in [0.05, 0.1) is 5.56 Å². The summed E-state index contributed by atoms with van der Waals surface area (Å²) >= 11 is 6.20. The van der Waals surface area contributed by atoms with E-state index in [2.05, 4.69) is 21.9 Å². The fourth-order valence-electron chi connectivity index (χ4n) is 3.80. The van der Waals surface area contributed by atoms with Gasteiger partial charge < -0.3 is 15.2 Å². The van der Waals surface area contributed by atoms with E-state index in [1.54, 1.807) is 0 Å². The molecule has 1 aliphatic rings. The minimum absolute atomic E-state index is 0.124. The number of amides is 1. The second kappa shape index (κ2) is 10.3. The van der Waals surface area contributed by atoms with Gasteiger partial charge in [0.2, 0.25) is 0 Å². The van der Waals surface area contributed by atoms with Gasteiger partial charge in [-0.2, -0.15) is 13.2 Å². The molecule has 5 nitrogen and oxygen atoms in total. The first-order valence-corrected chi connectivity index (χ1v) is 11.3. The Hall–Kier alpha value is -3.26. The van der Waals surface area contributed by atoms with E-state index in [0.29, 0.717) is 29.3 Å². The van der Waals surface area contributed by atoms with Crippen molar-refractivity contribution >= 4 is 28.8 Å². The molecule has 0 fully saturated rings. The molecule has 0 atom stereocenters. The third kappa shape index (κ3) is 5.99. The van der Waals surface area contributed by atoms with E-state index in [0.717, 1.165) is 48.3 Å². The Morgan fingerprint density at radius 3 is 2.71 bits per heavy atom. The maximum Gasteiger partial charge on any atom is 0.416 e. The van der Waals surface area contributed by atoms with Crippen LogP contribution in [0.5, 0.6) is 0 Å². The van der Waals surface area contributed by atoms with Crippen LogP contribution in [0.2, 0.25) is 5.02 Å². The van der Waals surface area contributed by atoms with Gasteiger partial charge in [-0.1, -0.05) is 35.0 Å². The molecule has 0 radical (unpaired) electrons. The third-order valence-electron chi connectivity index (χ3n) is 5.55. The van der Waals surface area contributed by atoms with Crippen molar-refractivity contribution in [3.63, 3.8) is 0 Å². The van der Waals surface area contributed by atoms with Crippen molar-refractivity contribution in [3.8, 4) is 0 Å². The summed E-state index contributed by atoms with van der Waals surface area (Å²) in [6.45, 7) is 1.29. The lowest BCUT2D eigenvalue weighted by molar-refractivity contribution is -0.137. The average molecular weight is 490 g/mol. The summed E-state index contributed by atoms with van der Waals surface area (Å²) in [6, 6.07) is 12.0. The van der Waals surface area contributed by atoms with Crippen LogP contribution >= 0.6 is 11.6 Å². The average Bonchev–Trinajstić information content (AvgIpc) is 3.25. The van der Waals surface area contributed by atoms with Gasteiger partial charge in [-0.05, 0) is 60.7 Å². The molecular formula is C25H23ClF3N3O2. The van der Waals surface area contributed by atoms with Crippen LogP contribution in [0, 0.1) is 0 Å². The van der Waals surface area contributed by atoms with Gasteiger partial charge in [0.1, 0.15) is 5.76 Å². The van der Waals surface area contributed by atoms with E-state index in [1.807, 2.05) is 18.2 Å². The van der Waals surface area contributed by atoms with Gasteiger partial charge in [-0.25, -0.2) is 0 Å². The number of carbonyl (C=O) groups excluding carboxylic acids is 1. The molecule has 0 bridgehead atoms. The smallest absolute Gasteiger partial charge is 0.385 e. The molecular weight excluding hydrogens is 467 g/mol. The van der Waals surface area contributed by atoms with Crippen molar-refractivity contribution in [2.75, 3.05) is 18.4 Å². The molecule has 3 aromatic rings. The summed E-state index contributed by atoms with van der Waals surface area (Å²) in [7, 11) is 0. The first-order valence-electron chi connectivity index (χ1n) is 10.9. The molecule has 4 rings (SSSR count). The molecule has 178 valence electrons. The number of anilines is 1. The number of alkyl halides is 3. The van der Waals surface area contributed by atoms with Crippen molar-refractivity contribution in [1.82, 2.24) is 10.5 Å². The number of nitrogens with one attached hydrogen (secondary N) is 2. The van der Waals surface area contributed by atoms with E-state index >= 15 is 0 Å². The van der Waals surface area contributed by atoms with Crippen LogP contribution < -0.4 is 10.6 Å². The van der Waals surface area contributed by atoms with E-state index in [4.69, 9.17) is 16.1 Å². The number of allylic oxidation sites excluding steroid dienone is 1. The van der Waals surface area contributed by atoms with Crippen LogP contribution in [0.15, 0.2) is 59.1 Å². The Labute approximate surface area is 200 Å². The maximum atomic E-state index is 12.7. The molecule has 1 aromatic heterocycles. The van der Waals surface area contributed by atoms with Crippen LogP contribution in [-0.4, -0.2) is 24.2 Å². The Morgan fingerprint density at radius 1 is 1.15 bits per heavy atom. The zero-order valence-corrected chi connectivity index (χ0v) is 19.0. The highest BCUT2D eigenvalue weighted by atomic mass is 35.5. The van der Waals surface area contributed by atoms with Gasteiger partial charge in [0, 0.05) is 41.9 Å². The van der Waals surface area contributed by atoms with Gasteiger partial charge in [-0.3, -0.25) is 4.79 Å². The highest BCUT2D eigenvalue weighted by molar-refractivity contribution is 6.30. The van der Waals surface area contributed by atoms with Crippen molar-refractivity contribution in [2.24, 2.45) is 0 Å². The van der Waals surface area contributed by atoms with Crippen molar-refractivity contribution < 1.29 is 22.5 Å². The maximum absolute atomic E-state index is 12.7. The van der Waals surface area contributed by atoms with Gasteiger partial charge >= 0.3 is 6.18 Å². The number of carbonyl (C=O) groups is 1. The lowest BCUT2D eigenvalue weighted by atomic mass is 9.97. The molecule has 0 saturated carbocycles. The molecule has 2 N–H and O–H groups in total. The number of hydrogen-bond acceptors (Lipinski definition) is 4. The Morgan fingerprint density at radius 2 is 1.94 bits per heavy atom. The number of fused-ring (bicyclic) bond motifs is 1. The predicted molar refractivity (Wildman–Crippen MR) is 125 cm³/mol. The van der Waals surface area contributed by atoms with Crippen molar-refractivity contribution in [2.45, 2.75) is 31.9 Å². The Bertz CT molecular complexity index is 1190. The lowest BCUT2D eigenvalue weighted by Gasteiger charge is -2.18. The monoisotopic (exact) mass is 489 g/mol. The fraction of sp³-hybridized carbons (Fsp3) is 0.280. The molecule has 2 aromatic carbocycles. The van der Waals surface area contributed by atoms with Crippen LogP contribution in [0.4, 0.5) is 18.9 Å². The van der Waals surface area contributed by atoms with Gasteiger partial charge in [-0.15, -0.1) is 0 Å². The van der Waals surface area contributed by atoms with Crippen LogP contribution in [-0.2, 0) is 12.6 Å². The van der Waals surface area contributed by atoms with Crippen LogP contribution in [0.25, 0.3) is 5.57 Å². The lowest BCUT2D eigenvalue weighted by Crippen LogP contribution is -2.25. The summed E-state index contributed by atoms with van der Waals surface area (Å²) in [6.07, 6.45) is 0.595. The summed E-state index contributed by atoms with van der Waals surface area (Å²) in [5.74, 6) is 0.0144. The van der Waals surface area contributed by atoms with E-state index < -0.39 is 11.7 Å². The van der Waals surface area contributed by atoms with Crippen molar-refractivity contribution in [3.05, 3.63) is 87.8 Å². The number of rotatable bonds is 6. The third-order valence-corrected chi connectivity index (χ3v) is 5.78. The Balaban J connectivity index is 1.34. The molecule has 0 saturated heterocycles. The Kier molecular flexibility index (Phi) is 7.26. The minimum Gasteiger partial charge on any atom is -0.385 e. The van der Waals surface area contributed by atoms with Crippen LogP contribution in [0.3, 0.4) is 0 Å². The molecule has 34 heavy (non-hydrogen) atoms. The summed E-state index contributed by atoms with van der Waals surface area (Å²) in [5.41, 5.74) is 3.19. The fourth-order valence-corrected chi connectivity index (χ4v) is 3.97. The zero-order valence-electron chi connectivity index (χ0n) is 18.2. The number of benzene rings is 2. The summed E-state index contributed by atoms with van der Waals surface area (Å²) < 4.78 is 43.3. The van der Waals surface area contributed by atoms with Gasteiger partial charge in [0.15, 0.2) is 5.69 Å². The standard InChI is InChI=1S/C25H23ClF3N3O2/c26-19-8-9-22-21(14-19)17(3-1-2-11-30-22)10-12-31-24(33)23-15-20(34-32-23)13-16-4-6-18(7-5-16)25(27,28)29/h3-9,14-15,30H,1-2,10-13H2,(H,31,33). The number of aromatic nitrogens is 1. The highest BCUT2D eigenvalue weighted by Crippen LogP contribution is 2.31. The molecule has 1 aliphatic heterocycles. The molecule has 2 heterocycles. The second-order valence-electron chi connectivity index (χ2n) is 8.04. The number of halogens is 4. The zero-order chi connectivity index (χ0) is 24.1. The van der Waals surface area contributed by atoms with Crippen molar-refractivity contribution in [1.29, 1.82) is 0 Å². The topological polar surface area (TPSA) is 67.2 Å². The van der Waals surface area contributed by atoms with Crippen LogP contribution in [0.1, 0.15) is 52.2 Å². The normalized spacial score (nSPS) is 13.8. The van der Waals surface area contributed by atoms with E-state index in [-0.39, 0.29) is 18.0 Å². The SMILES string of the molecule is O=C(NCCC1=CCCCNc2ccc(Cl)cc21)c1cc(Cc2ccc(C(F)(F)F)cc2)on1. The number of nitrogens with zero attached hydrogens (tertiary/aromatic N) is 1. The minimum atomic E-state index is -4.38. The van der Waals surface area contributed by atoms with E-state index in [9.17, 15) is 18.0 Å².